The predicted octanol–water partition coefficient (Wildman–Crippen LogP) is 0.728. The molecule has 0 atom stereocenters. The highest BCUT2D eigenvalue weighted by molar-refractivity contribution is 6.03. The molecule has 25 heavy (non-hydrogen) atoms. The number of hydrogen-bond donors (Lipinski definition) is 2. The largest absolute Gasteiger partial charge is 0.366 e. The van der Waals surface area contributed by atoms with E-state index in [9.17, 15) is 9.59 Å². The molecule has 8 heteroatoms. The van der Waals surface area contributed by atoms with Gasteiger partial charge in [-0.2, -0.15) is 0 Å². The van der Waals surface area contributed by atoms with Crippen LogP contribution in [0.3, 0.4) is 0 Å². The van der Waals surface area contributed by atoms with E-state index in [1.165, 1.54) is 0 Å². The van der Waals surface area contributed by atoms with Gasteiger partial charge in [0, 0.05) is 12.7 Å². The molecule has 3 rings (SSSR count). The maximum Gasteiger partial charge on any atom is 0.250 e. The van der Waals surface area contributed by atoms with Crippen LogP contribution in [0.5, 0.6) is 0 Å². The Morgan fingerprint density at radius 1 is 1.24 bits per heavy atom. The minimum atomic E-state index is -0.551. The molecule has 3 N–H and O–H groups in total. The fourth-order valence-corrected chi connectivity index (χ4v) is 3.12. The summed E-state index contributed by atoms with van der Waals surface area (Å²) in [4.78, 5) is 25.8. The highest BCUT2D eigenvalue weighted by Gasteiger charge is 2.21. The van der Waals surface area contributed by atoms with Crippen molar-refractivity contribution in [2.45, 2.75) is 19.4 Å². The van der Waals surface area contributed by atoms with Crippen molar-refractivity contribution in [2.75, 3.05) is 25.0 Å². The van der Waals surface area contributed by atoms with Gasteiger partial charge in [-0.25, -0.2) is 0 Å². The second-order valence-electron chi connectivity index (χ2n) is 6.30. The number of anilines is 1. The van der Waals surface area contributed by atoms with Crippen LogP contribution in [0.15, 0.2) is 36.7 Å². The second-order valence-corrected chi connectivity index (χ2v) is 6.30. The predicted molar refractivity (Wildman–Crippen MR) is 92.8 cm³/mol. The van der Waals surface area contributed by atoms with Crippen LogP contribution in [-0.2, 0) is 11.3 Å². The van der Waals surface area contributed by atoms with Gasteiger partial charge < -0.3 is 11.1 Å². The molecule has 0 spiro atoms. The third-order valence-corrected chi connectivity index (χ3v) is 4.46. The van der Waals surface area contributed by atoms with Crippen molar-refractivity contribution in [3.05, 3.63) is 42.2 Å². The van der Waals surface area contributed by atoms with Crippen molar-refractivity contribution >= 4 is 17.5 Å². The summed E-state index contributed by atoms with van der Waals surface area (Å²) in [6.07, 6.45) is 5.59. The smallest absolute Gasteiger partial charge is 0.250 e. The summed E-state index contributed by atoms with van der Waals surface area (Å²) >= 11 is 0. The Bertz CT molecular complexity index is 722. The van der Waals surface area contributed by atoms with Crippen molar-refractivity contribution in [2.24, 2.45) is 11.7 Å². The topological polar surface area (TPSA) is 106 Å². The van der Waals surface area contributed by atoms with Gasteiger partial charge in [0.2, 0.25) is 5.91 Å². The zero-order chi connectivity index (χ0) is 17.6. The minimum absolute atomic E-state index is 0.136. The first kappa shape index (κ1) is 17.1. The quantitative estimate of drug-likeness (QED) is 0.805. The lowest BCUT2D eigenvalue weighted by Gasteiger charge is -2.31. The number of amides is 2. The molecule has 2 aromatic rings. The number of carbonyl (C=O) groups excluding carboxylic acids is 2. The first-order valence-electron chi connectivity index (χ1n) is 8.37. The van der Waals surface area contributed by atoms with Gasteiger partial charge >= 0.3 is 0 Å². The summed E-state index contributed by atoms with van der Waals surface area (Å²) in [7, 11) is 0. The molecule has 0 saturated carbocycles. The Morgan fingerprint density at radius 3 is 2.68 bits per heavy atom. The molecular weight excluding hydrogens is 320 g/mol. The normalized spacial score (nSPS) is 15.8. The first-order chi connectivity index (χ1) is 12.1. The van der Waals surface area contributed by atoms with Crippen molar-refractivity contribution < 1.29 is 9.59 Å². The number of primary amides is 1. The van der Waals surface area contributed by atoms with Gasteiger partial charge in [0.1, 0.15) is 0 Å². The maximum absolute atomic E-state index is 12.3. The number of hydrogen-bond acceptors (Lipinski definition) is 5. The highest BCUT2D eigenvalue weighted by atomic mass is 16.2. The molecule has 1 aliphatic heterocycles. The highest BCUT2D eigenvalue weighted by Crippen LogP contribution is 2.19. The van der Waals surface area contributed by atoms with Crippen molar-refractivity contribution in [3.63, 3.8) is 0 Å². The Hall–Kier alpha value is -2.74. The van der Waals surface area contributed by atoms with Gasteiger partial charge in [-0.05, 0) is 44.0 Å². The minimum Gasteiger partial charge on any atom is -0.366 e. The van der Waals surface area contributed by atoms with Gasteiger partial charge in [0.05, 0.1) is 24.0 Å². The fraction of sp³-hybridized carbons (Fsp3) is 0.412. The van der Waals surface area contributed by atoms with E-state index in [0.29, 0.717) is 23.7 Å². The van der Waals surface area contributed by atoms with Crippen molar-refractivity contribution in [3.8, 4) is 0 Å². The molecule has 2 amide bonds. The van der Waals surface area contributed by atoms with Crippen molar-refractivity contribution in [1.82, 2.24) is 19.9 Å². The van der Waals surface area contributed by atoms with Gasteiger partial charge in [0.15, 0.2) is 0 Å². The number of nitrogens with two attached hydrogens (primary N) is 1. The third-order valence-electron chi connectivity index (χ3n) is 4.46. The zero-order valence-electron chi connectivity index (χ0n) is 14.0. The van der Waals surface area contributed by atoms with Gasteiger partial charge in [0.25, 0.3) is 5.91 Å². The molecule has 1 fully saturated rings. The number of benzene rings is 1. The van der Waals surface area contributed by atoms with E-state index in [1.54, 1.807) is 30.5 Å². The summed E-state index contributed by atoms with van der Waals surface area (Å²) in [6, 6.07) is 6.77. The van der Waals surface area contributed by atoms with Gasteiger partial charge in [-0.1, -0.05) is 17.3 Å². The molecule has 8 nitrogen and oxygen atoms in total. The van der Waals surface area contributed by atoms with Crippen LogP contribution >= 0.6 is 0 Å². The van der Waals surface area contributed by atoms with E-state index in [1.807, 2.05) is 10.9 Å². The average molecular weight is 342 g/mol. The van der Waals surface area contributed by atoms with Crippen LogP contribution in [0.2, 0.25) is 0 Å². The van der Waals surface area contributed by atoms with Crippen molar-refractivity contribution in [1.29, 1.82) is 0 Å². The number of nitrogens with one attached hydrogen (secondary N) is 1. The van der Waals surface area contributed by atoms with Crippen LogP contribution in [0.4, 0.5) is 5.69 Å². The number of piperidine rings is 1. The molecule has 1 aliphatic rings. The van der Waals surface area contributed by atoms with Crippen LogP contribution in [0, 0.1) is 5.92 Å². The number of nitrogens with zero attached hydrogens (tertiary/aromatic N) is 4. The Morgan fingerprint density at radius 2 is 2.00 bits per heavy atom. The maximum atomic E-state index is 12.3. The lowest BCUT2D eigenvalue weighted by molar-refractivity contribution is -0.117. The molecule has 1 aromatic heterocycles. The summed E-state index contributed by atoms with van der Waals surface area (Å²) < 4.78 is 1.85. The summed E-state index contributed by atoms with van der Waals surface area (Å²) in [5, 5.41) is 10.6. The Balaban J connectivity index is 1.47. The molecule has 2 heterocycles. The lowest BCUT2D eigenvalue weighted by Crippen LogP contribution is -2.40. The van der Waals surface area contributed by atoms with Crippen LogP contribution in [0.1, 0.15) is 23.2 Å². The van der Waals surface area contributed by atoms with E-state index in [2.05, 4.69) is 20.5 Å². The van der Waals surface area contributed by atoms with E-state index >= 15 is 0 Å². The van der Waals surface area contributed by atoms with Crippen LogP contribution in [-0.4, -0.2) is 51.3 Å². The second kappa shape index (κ2) is 7.89. The van der Waals surface area contributed by atoms with E-state index in [4.69, 9.17) is 5.73 Å². The van der Waals surface area contributed by atoms with Gasteiger partial charge in [-0.15, -0.1) is 5.10 Å². The monoisotopic (exact) mass is 342 g/mol. The molecule has 0 aliphatic carbocycles. The summed E-state index contributed by atoms with van der Waals surface area (Å²) in [5.41, 5.74) is 6.11. The number of likely N-dealkylation sites (tertiary alicyclic amines) is 1. The molecule has 0 radical (unpaired) electrons. The number of carbonyl (C=O) groups is 2. The van der Waals surface area contributed by atoms with E-state index in [-0.39, 0.29) is 5.91 Å². The number of aromatic nitrogens is 3. The molecule has 0 bridgehead atoms. The third kappa shape index (κ3) is 4.63. The Kier molecular flexibility index (Phi) is 5.39. The molecule has 0 unspecified atom stereocenters. The fourth-order valence-electron chi connectivity index (χ4n) is 3.12. The lowest BCUT2D eigenvalue weighted by atomic mass is 9.97. The molecule has 132 valence electrons. The number of para-hydroxylation sites is 1. The van der Waals surface area contributed by atoms with E-state index < -0.39 is 5.91 Å². The van der Waals surface area contributed by atoms with Gasteiger partial charge in [-0.3, -0.25) is 19.2 Å². The zero-order valence-corrected chi connectivity index (χ0v) is 14.0. The summed E-state index contributed by atoms with van der Waals surface area (Å²) in [5.74, 6) is -0.134. The SMILES string of the molecule is NC(=O)c1ccccc1NC(=O)CN1CCC(Cn2ccnn2)CC1. The van der Waals surface area contributed by atoms with Crippen LogP contribution < -0.4 is 11.1 Å². The standard InChI is InChI=1S/C17H22N6O2/c18-17(25)14-3-1-2-4-15(14)20-16(24)12-22-8-5-13(6-9-22)11-23-10-7-19-21-23/h1-4,7,10,13H,5-6,8-9,11-12H2,(H2,18,25)(H,20,24). The summed E-state index contributed by atoms with van der Waals surface area (Å²) in [6.45, 7) is 2.91. The number of rotatable bonds is 6. The molecule has 1 saturated heterocycles. The first-order valence-corrected chi connectivity index (χ1v) is 8.37. The Labute approximate surface area is 146 Å². The molecular formula is C17H22N6O2. The molecule has 1 aromatic carbocycles. The van der Waals surface area contributed by atoms with Crippen LogP contribution in [0.25, 0.3) is 0 Å². The van der Waals surface area contributed by atoms with E-state index in [0.717, 1.165) is 32.5 Å². The average Bonchev–Trinajstić information content (AvgIpc) is 3.10.